The number of amides is 2. The lowest BCUT2D eigenvalue weighted by Crippen LogP contribution is -2.41. The zero-order valence-electron chi connectivity index (χ0n) is 13.4. The van der Waals surface area contributed by atoms with Gasteiger partial charge in [-0.15, -0.1) is 0 Å². The lowest BCUT2D eigenvalue weighted by molar-refractivity contribution is -0.151. The number of thiophene rings is 1. The van der Waals surface area contributed by atoms with E-state index in [0.717, 1.165) is 0 Å². The average Bonchev–Trinajstić information content (AvgIpc) is 3.17. The maximum Gasteiger partial charge on any atom is 0.311 e. The van der Waals surface area contributed by atoms with Crippen LogP contribution in [0.25, 0.3) is 0 Å². The highest BCUT2D eigenvalue weighted by Crippen LogP contribution is 2.38. The van der Waals surface area contributed by atoms with Crippen LogP contribution in [0, 0.1) is 11.3 Å². The first kappa shape index (κ1) is 17.5. The Labute approximate surface area is 139 Å². The van der Waals surface area contributed by atoms with E-state index in [4.69, 9.17) is 0 Å². The Morgan fingerprint density at radius 2 is 2.17 bits per heavy atom. The quantitative estimate of drug-likeness (QED) is 0.828. The minimum Gasteiger partial charge on any atom is -0.481 e. The standard InChI is InChI=1S/C16H22N2O4S/c1-11(2)16(15(21)22)5-7-18(10-16)13(19)3-6-17-14(20)12-4-8-23-9-12/h4,8-9,11H,3,5-7,10H2,1-2H3,(H,17,20)(H,21,22). The van der Waals surface area contributed by atoms with Gasteiger partial charge >= 0.3 is 5.97 Å². The number of hydrogen-bond donors (Lipinski definition) is 2. The molecule has 6 nitrogen and oxygen atoms in total. The summed E-state index contributed by atoms with van der Waals surface area (Å²) in [7, 11) is 0. The van der Waals surface area contributed by atoms with Crippen LogP contribution in [0.4, 0.5) is 0 Å². The van der Waals surface area contributed by atoms with Gasteiger partial charge in [0.2, 0.25) is 5.91 Å². The second-order valence-electron chi connectivity index (χ2n) is 6.20. The van der Waals surface area contributed by atoms with E-state index in [1.54, 1.807) is 16.3 Å². The Kier molecular flexibility index (Phi) is 5.41. The van der Waals surface area contributed by atoms with E-state index in [2.05, 4.69) is 5.32 Å². The van der Waals surface area contributed by atoms with Gasteiger partial charge in [0.05, 0.1) is 5.41 Å². The summed E-state index contributed by atoms with van der Waals surface area (Å²) < 4.78 is 0. The van der Waals surface area contributed by atoms with E-state index in [-0.39, 0.29) is 37.2 Å². The van der Waals surface area contributed by atoms with Crippen LogP contribution in [0.1, 0.15) is 37.0 Å². The smallest absolute Gasteiger partial charge is 0.311 e. The lowest BCUT2D eigenvalue weighted by Gasteiger charge is -2.28. The summed E-state index contributed by atoms with van der Waals surface area (Å²) in [6.45, 7) is 4.72. The molecule has 0 aliphatic carbocycles. The molecule has 1 aliphatic heterocycles. The molecule has 1 aromatic heterocycles. The molecule has 7 heteroatoms. The van der Waals surface area contributed by atoms with Crippen LogP contribution in [0.3, 0.4) is 0 Å². The molecule has 2 amide bonds. The van der Waals surface area contributed by atoms with Gasteiger partial charge in [-0.2, -0.15) is 11.3 Å². The normalized spacial score (nSPS) is 20.7. The van der Waals surface area contributed by atoms with Gasteiger partial charge in [-0.3, -0.25) is 14.4 Å². The summed E-state index contributed by atoms with van der Waals surface area (Å²) in [5.74, 6) is -1.17. The predicted octanol–water partition coefficient (Wildman–Crippen LogP) is 1.83. The van der Waals surface area contributed by atoms with Crippen molar-refractivity contribution in [2.45, 2.75) is 26.7 Å². The molecule has 1 unspecified atom stereocenters. The number of carboxylic acid groups (broad SMARTS) is 1. The first-order chi connectivity index (χ1) is 10.9. The fourth-order valence-corrected chi connectivity index (χ4v) is 3.51. The molecule has 2 N–H and O–H groups in total. The third kappa shape index (κ3) is 3.72. The summed E-state index contributed by atoms with van der Waals surface area (Å²) in [5.41, 5.74) is -0.261. The van der Waals surface area contributed by atoms with E-state index < -0.39 is 11.4 Å². The van der Waals surface area contributed by atoms with E-state index in [9.17, 15) is 19.5 Å². The van der Waals surface area contributed by atoms with Crippen molar-refractivity contribution >= 4 is 29.1 Å². The topological polar surface area (TPSA) is 86.7 Å². The Hall–Kier alpha value is -1.89. The predicted molar refractivity (Wildman–Crippen MR) is 87.4 cm³/mol. The number of nitrogens with zero attached hydrogens (tertiary/aromatic N) is 1. The van der Waals surface area contributed by atoms with Gasteiger partial charge in [0.25, 0.3) is 5.91 Å². The summed E-state index contributed by atoms with van der Waals surface area (Å²) in [5, 5.41) is 15.8. The molecule has 0 bridgehead atoms. The van der Waals surface area contributed by atoms with Gasteiger partial charge in [-0.25, -0.2) is 0 Å². The molecule has 1 saturated heterocycles. The summed E-state index contributed by atoms with van der Waals surface area (Å²) in [4.78, 5) is 37.2. The molecule has 2 heterocycles. The Morgan fingerprint density at radius 3 is 2.70 bits per heavy atom. The maximum absolute atomic E-state index is 12.2. The molecule has 0 aromatic carbocycles. The lowest BCUT2D eigenvalue weighted by atomic mass is 9.76. The van der Waals surface area contributed by atoms with Crippen molar-refractivity contribution in [3.05, 3.63) is 22.4 Å². The second kappa shape index (κ2) is 7.12. The molecule has 0 saturated carbocycles. The van der Waals surface area contributed by atoms with E-state index >= 15 is 0 Å². The molecule has 1 aliphatic rings. The number of nitrogens with one attached hydrogen (secondary N) is 1. The van der Waals surface area contributed by atoms with Crippen molar-refractivity contribution in [1.82, 2.24) is 10.2 Å². The van der Waals surface area contributed by atoms with Crippen LogP contribution >= 0.6 is 11.3 Å². The average molecular weight is 338 g/mol. The number of carboxylic acids is 1. The molecular weight excluding hydrogens is 316 g/mol. The van der Waals surface area contributed by atoms with Gasteiger partial charge in [0.1, 0.15) is 0 Å². The monoisotopic (exact) mass is 338 g/mol. The van der Waals surface area contributed by atoms with Crippen molar-refractivity contribution in [2.75, 3.05) is 19.6 Å². The second-order valence-corrected chi connectivity index (χ2v) is 6.98. The zero-order chi connectivity index (χ0) is 17.0. The molecule has 23 heavy (non-hydrogen) atoms. The van der Waals surface area contributed by atoms with Gasteiger partial charge in [-0.05, 0) is 23.8 Å². The summed E-state index contributed by atoms with van der Waals surface area (Å²) >= 11 is 1.44. The minimum atomic E-state index is -0.852. The minimum absolute atomic E-state index is 0.0314. The highest BCUT2D eigenvalue weighted by Gasteiger charge is 2.48. The van der Waals surface area contributed by atoms with E-state index in [1.165, 1.54) is 11.3 Å². The first-order valence-electron chi connectivity index (χ1n) is 7.68. The molecular formula is C16H22N2O4S. The largest absolute Gasteiger partial charge is 0.481 e. The van der Waals surface area contributed by atoms with Crippen molar-refractivity contribution < 1.29 is 19.5 Å². The first-order valence-corrected chi connectivity index (χ1v) is 8.62. The van der Waals surface area contributed by atoms with Crippen LogP contribution in [-0.4, -0.2) is 47.4 Å². The SMILES string of the molecule is CC(C)C1(C(=O)O)CCN(C(=O)CCNC(=O)c2ccsc2)C1. The molecule has 0 radical (unpaired) electrons. The Balaban J connectivity index is 1.83. The Bertz CT molecular complexity index is 585. The maximum atomic E-state index is 12.2. The number of carbonyl (C=O) groups is 3. The van der Waals surface area contributed by atoms with Gasteiger partial charge in [0, 0.05) is 37.0 Å². The molecule has 1 atom stereocenters. The van der Waals surface area contributed by atoms with Crippen LogP contribution in [0.15, 0.2) is 16.8 Å². The Morgan fingerprint density at radius 1 is 1.43 bits per heavy atom. The molecule has 1 fully saturated rings. The highest BCUT2D eigenvalue weighted by atomic mass is 32.1. The fraction of sp³-hybridized carbons (Fsp3) is 0.562. The third-order valence-electron chi connectivity index (χ3n) is 4.59. The van der Waals surface area contributed by atoms with E-state index in [0.29, 0.717) is 18.5 Å². The number of rotatable bonds is 6. The van der Waals surface area contributed by atoms with Gasteiger partial charge in [0.15, 0.2) is 0 Å². The zero-order valence-corrected chi connectivity index (χ0v) is 14.2. The van der Waals surface area contributed by atoms with Crippen molar-refractivity contribution in [3.63, 3.8) is 0 Å². The van der Waals surface area contributed by atoms with Crippen molar-refractivity contribution in [1.29, 1.82) is 0 Å². The number of aliphatic carboxylic acids is 1. The van der Waals surface area contributed by atoms with Gasteiger partial charge in [-0.1, -0.05) is 13.8 Å². The highest BCUT2D eigenvalue weighted by molar-refractivity contribution is 7.08. The number of likely N-dealkylation sites (tertiary alicyclic amines) is 1. The van der Waals surface area contributed by atoms with Crippen LogP contribution in [0.5, 0.6) is 0 Å². The van der Waals surface area contributed by atoms with Crippen LogP contribution in [0.2, 0.25) is 0 Å². The molecule has 1 aromatic rings. The summed E-state index contributed by atoms with van der Waals surface area (Å²) in [6.07, 6.45) is 0.663. The van der Waals surface area contributed by atoms with Crippen molar-refractivity contribution in [3.8, 4) is 0 Å². The third-order valence-corrected chi connectivity index (χ3v) is 5.28. The van der Waals surface area contributed by atoms with Gasteiger partial charge < -0.3 is 15.3 Å². The van der Waals surface area contributed by atoms with Crippen LogP contribution in [-0.2, 0) is 9.59 Å². The summed E-state index contributed by atoms with van der Waals surface area (Å²) in [6, 6.07) is 1.73. The molecule has 0 spiro atoms. The number of hydrogen-bond acceptors (Lipinski definition) is 4. The van der Waals surface area contributed by atoms with Crippen molar-refractivity contribution in [2.24, 2.45) is 11.3 Å². The fourth-order valence-electron chi connectivity index (χ4n) is 2.88. The van der Waals surface area contributed by atoms with E-state index in [1.807, 2.05) is 19.2 Å². The molecule has 126 valence electrons. The van der Waals surface area contributed by atoms with Crippen LogP contribution < -0.4 is 5.32 Å². The number of carbonyl (C=O) groups excluding carboxylic acids is 2. The molecule has 2 rings (SSSR count).